The van der Waals surface area contributed by atoms with Crippen LogP contribution in [-0.4, -0.2) is 16.8 Å². The lowest BCUT2D eigenvalue weighted by Gasteiger charge is -2.13. The fraction of sp³-hybridized carbons (Fsp3) is 0.346. The number of aromatic nitrogens is 2. The summed E-state index contributed by atoms with van der Waals surface area (Å²) in [4.78, 5) is 4.69. The molecule has 5 heteroatoms. The van der Waals surface area contributed by atoms with E-state index in [2.05, 4.69) is 31.8 Å². The first-order valence-corrected chi connectivity index (χ1v) is 11.9. The van der Waals surface area contributed by atoms with E-state index < -0.39 is 0 Å². The van der Waals surface area contributed by atoms with Crippen molar-refractivity contribution in [2.45, 2.75) is 58.9 Å². The van der Waals surface area contributed by atoms with Gasteiger partial charge < -0.3 is 4.57 Å². The first-order chi connectivity index (χ1) is 15.1. The van der Waals surface area contributed by atoms with Crippen LogP contribution < -0.4 is 5.72 Å². The lowest BCUT2D eigenvalue weighted by molar-refractivity contribution is 0.558. The molecule has 0 unspecified atom stereocenters. The zero-order valence-electron chi connectivity index (χ0n) is 18.5. The first-order valence-electron chi connectivity index (χ1n) is 11.2. The minimum Gasteiger partial charge on any atom is -0.341 e. The zero-order chi connectivity index (χ0) is 22.1. The molecule has 0 bridgehead atoms. The Bertz CT molecular complexity index is 1010. The van der Waals surface area contributed by atoms with Crippen molar-refractivity contribution in [1.29, 1.82) is 0 Å². The summed E-state index contributed by atoms with van der Waals surface area (Å²) in [5.41, 5.74) is 5.05. The number of unbranched alkanes of at least 4 members (excludes halogenated alkanes) is 5. The van der Waals surface area contributed by atoms with Crippen LogP contribution in [0, 0.1) is 6.92 Å². The molecule has 0 amide bonds. The highest BCUT2D eigenvalue weighted by atomic mass is 35.5. The van der Waals surface area contributed by atoms with E-state index in [1.54, 1.807) is 0 Å². The van der Waals surface area contributed by atoms with Crippen LogP contribution in [0.4, 0.5) is 0 Å². The maximum atomic E-state index is 6.56. The van der Waals surface area contributed by atoms with E-state index in [1.165, 1.54) is 37.8 Å². The van der Waals surface area contributed by atoms with Crippen molar-refractivity contribution in [2.75, 3.05) is 0 Å². The van der Waals surface area contributed by atoms with Crippen LogP contribution in [-0.2, 0) is 6.54 Å². The van der Waals surface area contributed by atoms with E-state index in [1.807, 2.05) is 54.7 Å². The Labute approximate surface area is 197 Å². The molecule has 2 aromatic carbocycles. The first kappa shape index (κ1) is 23.7. The molecule has 0 N–H and O–H groups in total. The van der Waals surface area contributed by atoms with E-state index in [9.17, 15) is 0 Å². The van der Waals surface area contributed by atoms with Crippen LogP contribution in [0.1, 0.15) is 62.3 Å². The van der Waals surface area contributed by atoms with Crippen LogP contribution >= 0.6 is 23.2 Å². The highest BCUT2D eigenvalue weighted by Gasteiger charge is 2.15. The lowest BCUT2D eigenvalue weighted by Crippen LogP contribution is -2.28. The second-order valence-electron chi connectivity index (χ2n) is 7.92. The van der Waals surface area contributed by atoms with Gasteiger partial charge in [0.25, 0.3) is 0 Å². The average Bonchev–Trinajstić information content (AvgIpc) is 3.11. The van der Waals surface area contributed by atoms with Crippen molar-refractivity contribution >= 4 is 47.8 Å². The number of aryl methyl sites for hydroxylation is 1. The Morgan fingerprint density at radius 2 is 1.61 bits per heavy atom. The molecule has 0 aliphatic rings. The Morgan fingerprint density at radius 1 is 0.935 bits per heavy atom. The molecule has 2 nitrogen and oxygen atoms in total. The van der Waals surface area contributed by atoms with Crippen LogP contribution in [0.3, 0.4) is 0 Å². The van der Waals surface area contributed by atoms with Gasteiger partial charge in [0.2, 0.25) is 7.28 Å². The SMILES string of the molecule is CCCCCCCCn1c(C)cnc1[B]C(=Cc1ccccc1Cl)c1ccccc1Cl. The van der Waals surface area contributed by atoms with Crippen molar-refractivity contribution in [3.63, 3.8) is 0 Å². The molecule has 0 aliphatic heterocycles. The molecule has 0 saturated heterocycles. The zero-order valence-corrected chi connectivity index (χ0v) is 20.0. The summed E-state index contributed by atoms with van der Waals surface area (Å²) in [6.45, 7) is 5.35. The summed E-state index contributed by atoms with van der Waals surface area (Å²) in [6.07, 6.45) is 11.7. The van der Waals surface area contributed by atoms with Crippen molar-refractivity contribution in [3.05, 3.63) is 81.6 Å². The molecule has 31 heavy (non-hydrogen) atoms. The molecule has 0 aliphatic carbocycles. The number of halogens is 2. The standard InChI is InChI=1S/C26H30BCl2N2/c1-3-4-5-6-7-12-17-31-20(2)19-30-26(31)27-23(22-14-9-11-16-25(22)29)18-21-13-8-10-15-24(21)28/h8-11,13-16,18-19H,3-7,12,17H2,1-2H3. The molecule has 0 atom stereocenters. The van der Waals surface area contributed by atoms with E-state index >= 15 is 0 Å². The van der Waals surface area contributed by atoms with Crippen molar-refractivity contribution in [2.24, 2.45) is 0 Å². The van der Waals surface area contributed by atoms with Gasteiger partial charge in [0.15, 0.2) is 0 Å². The number of hydrogen-bond donors (Lipinski definition) is 0. The third-order valence-corrected chi connectivity index (χ3v) is 6.18. The summed E-state index contributed by atoms with van der Waals surface area (Å²) >= 11 is 13.0. The fourth-order valence-electron chi connectivity index (χ4n) is 3.73. The Hall–Kier alpha value is -1.97. The summed E-state index contributed by atoms with van der Waals surface area (Å²) in [5.74, 6) is 0. The van der Waals surface area contributed by atoms with Crippen LogP contribution in [0.5, 0.6) is 0 Å². The smallest absolute Gasteiger partial charge is 0.241 e. The fourth-order valence-corrected chi connectivity index (χ4v) is 4.16. The molecule has 0 spiro atoms. The molecule has 0 saturated carbocycles. The van der Waals surface area contributed by atoms with Gasteiger partial charge in [0.05, 0.1) is 5.72 Å². The molecule has 1 radical (unpaired) electrons. The van der Waals surface area contributed by atoms with Crippen LogP contribution in [0.15, 0.2) is 54.7 Å². The average molecular weight is 452 g/mol. The number of benzene rings is 2. The topological polar surface area (TPSA) is 17.8 Å². The second kappa shape index (κ2) is 12.2. The molecular weight excluding hydrogens is 422 g/mol. The third kappa shape index (κ3) is 6.76. The van der Waals surface area contributed by atoms with Crippen LogP contribution in [0.2, 0.25) is 10.0 Å². The Balaban J connectivity index is 1.84. The molecule has 161 valence electrons. The highest BCUT2D eigenvalue weighted by molar-refractivity contribution is 6.73. The quantitative estimate of drug-likeness (QED) is 0.169. The van der Waals surface area contributed by atoms with Gasteiger partial charge in [-0.25, -0.2) is 0 Å². The van der Waals surface area contributed by atoms with E-state index in [4.69, 9.17) is 28.2 Å². The second-order valence-corrected chi connectivity index (χ2v) is 8.74. The molecule has 3 rings (SSSR count). The minimum atomic E-state index is 0.711. The van der Waals surface area contributed by atoms with Gasteiger partial charge in [0, 0.05) is 28.5 Å². The number of imidazole rings is 1. The molecule has 0 fully saturated rings. The third-order valence-electron chi connectivity index (χ3n) is 5.51. The van der Waals surface area contributed by atoms with Crippen molar-refractivity contribution in [1.82, 2.24) is 9.55 Å². The molecule has 1 heterocycles. The summed E-state index contributed by atoms with van der Waals surface area (Å²) in [6, 6.07) is 15.8. The van der Waals surface area contributed by atoms with Gasteiger partial charge in [0.1, 0.15) is 0 Å². The maximum absolute atomic E-state index is 6.56. The maximum Gasteiger partial charge on any atom is 0.241 e. The Kier molecular flexibility index (Phi) is 9.30. The predicted octanol–water partition coefficient (Wildman–Crippen LogP) is 7.39. The Morgan fingerprint density at radius 3 is 2.35 bits per heavy atom. The van der Waals surface area contributed by atoms with Crippen LogP contribution in [0.25, 0.3) is 11.5 Å². The molecule has 1 aromatic heterocycles. The van der Waals surface area contributed by atoms with Gasteiger partial charge in [-0.05, 0) is 36.6 Å². The largest absolute Gasteiger partial charge is 0.341 e. The highest BCUT2D eigenvalue weighted by Crippen LogP contribution is 2.27. The van der Waals surface area contributed by atoms with Gasteiger partial charge >= 0.3 is 0 Å². The summed E-state index contributed by atoms with van der Waals surface area (Å²) in [5, 5.41) is 1.43. The number of hydrogen-bond acceptors (Lipinski definition) is 1. The normalized spacial score (nSPS) is 11.7. The number of rotatable bonds is 11. The van der Waals surface area contributed by atoms with E-state index in [0.717, 1.165) is 35.3 Å². The van der Waals surface area contributed by atoms with E-state index in [-0.39, 0.29) is 0 Å². The van der Waals surface area contributed by atoms with Gasteiger partial charge in [-0.3, -0.25) is 4.98 Å². The van der Waals surface area contributed by atoms with Gasteiger partial charge in [-0.15, -0.1) is 0 Å². The van der Waals surface area contributed by atoms with E-state index in [0.29, 0.717) is 10.0 Å². The van der Waals surface area contributed by atoms with Gasteiger partial charge in [-0.1, -0.05) is 110 Å². The predicted molar refractivity (Wildman–Crippen MR) is 137 cm³/mol. The minimum absolute atomic E-state index is 0.711. The molecule has 3 aromatic rings. The van der Waals surface area contributed by atoms with Crippen molar-refractivity contribution < 1.29 is 0 Å². The van der Waals surface area contributed by atoms with Crippen molar-refractivity contribution in [3.8, 4) is 0 Å². The summed E-state index contributed by atoms with van der Waals surface area (Å²) in [7, 11) is 2.12. The van der Waals surface area contributed by atoms with Gasteiger partial charge in [-0.2, -0.15) is 0 Å². The summed E-state index contributed by atoms with van der Waals surface area (Å²) < 4.78 is 2.30. The monoisotopic (exact) mass is 451 g/mol. The molecular formula is C26H30BCl2N2. The number of nitrogens with zero attached hydrogens (tertiary/aromatic N) is 2. The lowest BCUT2D eigenvalue weighted by atomic mass is 9.65.